The summed E-state index contributed by atoms with van der Waals surface area (Å²) in [5, 5.41) is 2.91. The van der Waals surface area contributed by atoms with Gasteiger partial charge in [-0.05, 0) is 18.6 Å². The van der Waals surface area contributed by atoms with E-state index in [1.54, 1.807) is 6.08 Å². The van der Waals surface area contributed by atoms with Crippen LogP contribution in [0.2, 0.25) is 0 Å². The van der Waals surface area contributed by atoms with Crippen molar-refractivity contribution >= 4 is 12.0 Å². The SMILES string of the molecule is Cc1cccc(/C=C/C(=O)NCCN2CCOCC2)c1. The Morgan fingerprint density at radius 1 is 1.40 bits per heavy atom. The summed E-state index contributed by atoms with van der Waals surface area (Å²) in [6.07, 6.45) is 3.44. The van der Waals surface area contributed by atoms with Crippen LogP contribution in [0.4, 0.5) is 0 Å². The van der Waals surface area contributed by atoms with Crippen molar-refractivity contribution in [3.05, 3.63) is 41.5 Å². The number of morpholine rings is 1. The van der Waals surface area contributed by atoms with Crippen LogP contribution in [0.25, 0.3) is 6.08 Å². The molecule has 1 aromatic rings. The van der Waals surface area contributed by atoms with Gasteiger partial charge in [-0.25, -0.2) is 0 Å². The largest absolute Gasteiger partial charge is 0.379 e. The third-order valence-electron chi connectivity index (χ3n) is 3.30. The number of amides is 1. The van der Waals surface area contributed by atoms with Crippen LogP contribution in [-0.2, 0) is 9.53 Å². The van der Waals surface area contributed by atoms with E-state index < -0.39 is 0 Å². The summed E-state index contributed by atoms with van der Waals surface area (Å²) in [6, 6.07) is 8.08. The molecular formula is C16H22N2O2. The van der Waals surface area contributed by atoms with E-state index in [0.29, 0.717) is 6.54 Å². The number of aryl methyl sites for hydroxylation is 1. The number of ether oxygens (including phenoxy) is 1. The first-order valence-electron chi connectivity index (χ1n) is 7.07. The molecule has 20 heavy (non-hydrogen) atoms. The van der Waals surface area contributed by atoms with Crippen molar-refractivity contribution in [3.63, 3.8) is 0 Å². The van der Waals surface area contributed by atoms with E-state index in [2.05, 4.69) is 16.3 Å². The predicted octanol–water partition coefficient (Wildman–Crippen LogP) is 1.46. The van der Waals surface area contributed by atoms with Crippen LogP contribution in [0, 0.1) is 6.92 Å². The zero-order valence-electron chi connectivity index (χ0n) is 12.0. The topological polar surface area (TPSA) is 41.6 Å². The summed E-state index contributed by atoms with van der Waals surface area (Å²) >= 11 is 0. The first-order valence-corrected chi connectivity index (χ1v) is 7.07. The molecule has 1 saturated heterocycles. The third kappa shape index (κ3) is 5.15. The van der Waals surface area contributed by atoms with Gasteiger partial charge in [-0.3, -0.25) is 9.69 Å². The summed E-state index contributed by atoms with van der Waals surface area (Å²) in [5.41, 5.74) is 2.24. The van der Waals surface area contributed by atoms with Crippen LogP contribution < -0.4 is 5.32 Å². The molecule has 1 aliphatic heterocycles. The highest BCUT2D eigenvalue weighted by atomic mass is 16.5. The monoisotopic (exact) mass is 274 g/mol. The van der Waals surface area contributed by atoms with E-state index in [0.717, 1.165) is 38.4 Å². The summed E-state index contributed by atoms with van der Waals surface area (Å²) in [5.74, 6) is -0.0419. The lowest BCUT2D eigenvalue weighted by atomic mass is 10.1. The lowest BCUT2D eigenvalue weighted by molar-refractivity contribution is -0.116. The van der Waals surface area contributed by atoms with E-state index in [9.17, 15) is 4.79 Å². The van der Waals surface area contributed by atoms with E-state index in [-0.39, 0.29) is 5.91 Å². The highest BCUT2D eigenvalue weighted by molar-refractivity contribution is 5.91. The Labute approximate surface area is 120 Å². The number of benzene rings is 1. The summed E-state index contributed by atoms with van der Waals surface area (Å²) in [4.78, 5) is 14.0. The molecule has 1 amide bonds. The molecule has 108 valence electrons. The second-order valence-corrected chi connectivity index (χ2v) is 4.99. The zero-order chi connectivity index (χ0) is 14.2. The molecule has 0 unspecified atom stereocenters. The standard InChI is InChI=1S/C16H22N2O2/c1-14-3-2-4-15(13-14)5-6-16(19)17-7-8-18-9-11-20-12-10-18/h2-6,13H,7-12H2,1H3,(H,17,19)/b6-5+. The van der Waals surface area contributed by atoms with E-state index >= 15 is 0 Å². The number of rotatable bonds is 5. The van der Waals surface area contributed by atoms with E-state index in [1.807, 2.05) is 31.2 Å². The molecule has 0 radical (unpaired) electrons. The summed E-state index contributed by atoms with van der Waals surface area (Å²) in [7, 11) is 0. The van der Waals surface area contributed by atoms with Crippen LogP contribution in [0.3, 0.4) is 0 Å². The van der Waals surface area contributed by atoms with Gasteiger partial charge in [-0.1, -0.05) is 29.8 Å². The zero-order valence-corrected chi connectivity index (χ0v) is 12.0. The van der Waals surface area contributed by atoms with Crippen molar-refractivity contribution in [1.82, 2.24) is 10.2 Å². The van der Waals surface area contributed by atoms with Crippen molar-refractivity contribution in [3.8, 4) is 0 Å². The average molecular weight is 274 g/mol. The van der Waals surface area contributed by atoms with Crippen LogP contribution in [0.15, 0.2) is 30.3 Å². The molecule has 1 aromatic carbocycles. The fraction of sp³-hybridized carbons (Fsp3) is 0.438. The van der Waals surface area contributed by atoms with Crippen molar-refractivity contribution in [2.45, 2.75) is 6.92 Å². The van der Waals surface area contributed by atoms with E-state index in [1.165, 1.54) is 5.56 Å². The molecule has 4 nitrogen and oxygen atoms in total. The van der Waals surface area contributed by atoms with Gasteiger partial charge in [0.1, 0.15) is 0 Å². The van der Waals surface area contributed by atoms with Gasteiger partial charge < -0.3 is 10.1 Å². The Bertz CT molecular complexity index is 465. The Hall–Kier alpha value is -1.65. The maximum absolute atomic E-state index is 11.7. The lowest BCUT2D eigenvalue weighted by Gasteiger charge is -2.26. The first-order chi connectivity index (χ1) is 9.74. The lowest BCUT2D eigenvalue weighted by Crippen LogP contribution is -2.41. The molecule has 1 N–H and O–H groups in total. The number of nitrogens with one attached hydrogen (secondary N) is 1. The second-order valence-electron chi connectivity index (χ2n) is 4.99. The van der Waals surface area contributed by atoms with Crippen molar-refractivity contribution in [2.75, 3.05) is 39.4 Å². The van der Waals surface area contributed by atoms with Gasteiger partial charge in [-0.15, -0.1) is 0 Å². The van der Waals surface area contributed by atoms with Gasteiger partial charge >= 0.3 is 0 Å². The molecule has 1 heterocycles. The summed E-state index contributed by atoms with van der Waals surface area (Å²) in [6.45, 7) is 7.09. The number of hydrogen-bond acceptors (Lipinski definition) is 3. The highest BCUT2D eigenvalue weighted by Gasteiger charge is 2.09. The van der Waals surface area contributed by atoms with Crippen molar-refractivity contribution in [2.24, 2.45) is 0 Å². The fourth-order valence-corrected chi connectivity index (χ4v) is 2.17. The minimum absolute atomic E-state index is 0.0419. The van der Waals surface area contributed by atoms with Crippen molar-refractivity contribution < 1.29 is 9.53 Å². The van der Waals surface area contributed by atoms with E-state index in [4.69, 9.17) is 4.74 Å². The van der Waals surface area contributed by atoms with Crippen LogP contribution >= 0.6 is 0 Å². The molecule has 4 heteroatoms. The molecule has 0 aromatic heterocycles. The molecule has 0 spiro atoms. The minimum Gasteiger partial charge on any atom is -0.379 e. The third-order valence-corrected chi connectivity index (χ3v) is 3.30. The van der Waals surface area contributed by atoms with Crippen LogP contribution in [-0.4, -0.2) is 50.2 Å². The van der Waals surface area contributed by atoms with Crippen molar-refractivity contribution in [1.29, 1.82) is 0 Å². The molecule has 2 rings (SSSR count). The Morgan fingerprint density at radius 3 is 2.95 bits per heavy atom. The van der Waals surface area contributed by atoms with Gasteiger partial charge in [0, 0.05) is 32.3 Å². The number of nitrogens with zero attached hydrogens (tertiary/aromatic N) is 1. The first kappa shape index (κ1) is 14.8. The Kier molecular flexibility index (Phi) is 5.77. The smallest absolute Gasteiger partial charge is 0.244 e. The van der Waals surface area contributed by atoms with Crippen LogP contribution in [0.1, 0.15) is 11.1 Å². The quantitative estimate of drug-likeness (QED) is 0.827. The normalized spacial score (nSPS) is 16.4. The Balaban J connectivity index is 1.69. The van der Waals surface area contributed by atoms with Gasteiger partial charge in [0.15, 0.2) is 0 Å². The molecular weight excluding hydrogens is 252 g/mol. The molecule has 0 aliphatic carbocycles. The van der Waals surface area contributed by atoms with Gasteiger partial charge in [0.25, 0.3) is 0 Å². The average Bonchev–Trinajstić information content (AvgIpc) is 2.46. The van der Waals surface area contributed by atoms with Crippen LogP contribution in [0.5, 0.6) is 0 Å². The van der Waals surface area contributed by atoms with Gasteiger partial charge in [-0.2, -0.15) is 0 Å². The molecule has 1 aliphatic rings. The van der Waals surface area contributed by atoms with Gasteiger partial charge in [0.05, 0.1) is 13.2 Å². The summed E-state index contributed by atoms with van der Waals surface area (Å²) < 4.78 is 5.28. The highest BCUT2D eigenvalue weighted by Crippen LogP contribution is 2.05. The second kappa shape index (κ2) is 7.82. The predicted molar refractivity (Wildman–Crippen MR) is 80.5 cm³/mol. The maximum atomic E-state index is 11.7. The fourth-order valence-electron chi connectivity index (χ4n) is 2.17. The number of hydrogen-bond donors (Lipinski definition) is 1. The minimum atomic E-state index is -0.0419. The van der Waals surface area contributed by atoms with Gasteiger partial charge in [0.2, 0.25) is 5.91 Å². The number of carbonyl (C=O) groups is 1. The molecule has 0 atom stereocenters. The molecule has 1 fully saturated rings. The number of carbonyl (C=O) groups excluding carboxylic acids is 1. The molecule has 0 bridgehead atoms. The molecule has 0 saturated carbocycles. The maximum Gasteiger partial charge on any atom is 0.244 e. The Morgan fingerprint density at radius 2 is 2.20 bits per heavy atom.